The number of hydrogen-bond acceptors (Lipinski definition) is 6. The number of ether oxygens (including phenoxy) is 1. The first-order valence-electron chi connectivity index (χ1n) is 12.1. The van der Waals surface area contributed by atoms with Crippen molar-refractivity contribution >= 4 is 29.2 Å². The molecule has 0 aromatic heterocycles. The number of carbonyl (C=O) groups excluding carboxylic acids is 3. The van der Waals surface area contributed by atoms with E-state index < -0.39 is 29.1 Å². The Balaban J connectivity index is 1.39. The molecule has 0 saturated carbocycles. The van der Waals surface area contributed by atoms with Crippen LogP contribution >= 0.6 is 0 Å². The monoisotopic (exact) mass is 490 g/mol. The van der Waals surface area contributed by atoms with E-state index in [1.807, 2.05) is 24.3 Å². The third kappa shape index (κ3) is 3.15. The normalized spacial score (nSPS) is 23.5. The molecule has 1 aliphatic heterocycles. The highest BCUT2D eigenvalue weighted by Crippen LogP contribution is 2.61. The molecular formula is C30H22N2O5. The molecule has 2 atom stereocenters. The summed E-state index contributed by atoms with van der Waals surface area (Å²) in [5.74, 6) is -3.32. The van der Waals surface area contributed by atoms with Crippen LogP contribution in [0.25, 0.3) is 5.76 Å². The van der Waals surface area contributed by atoms with Crippen LogP contribution in [0.3, 0.4) is 0 Å². The van der Waals surface area contributed by atoms with Gasteiger partial charge in [0.05, 0.1) is 24.1 Å². The topological polar surface area (TPSA) is 108 Å². The van der Waals surface area contributed by atoms with E-state index in [2.05, 4.69) is 24.3 Å². The van der Waals surface area contributed by atoms with Gasteiger partial charge in [-0.05, 0) is 53.4 Å². The molecule has 1 saturated heterocycles. The van der Waals surface area contributed by atoms with Gasteiger partial charge in [0, 0.05) is 17.4 Å². The van der Waals surface area contributed by atoms with Crippen molar-refractivity contribution in [2.24, 2.45) is 11.8 Å². The highest BCUT2D eigenvalue weighted by Gasteiger charge is 2.61. The fourth-order valence-electron chi connectivity index (χ4n) is 6.24. The summed E-state index contributed by atoms with van der Waals surface area (Å²) >= 11 is 0. The van der Waals surface area contributed by atoms with Crippen molar-refractivity contribution in [2.45, 2.75) is 18.8 Å². The van der Waals surface area contributed by atoms with E-state index in [-0.39, 0.29) is 35.8 Å². The first kappa shape index (κ1) is 22.7. The fraction of sp³-hybridized carbons (Fsp3) is 0.200. The van der Waals surface area contributed by atoms with Gasteiger partial charge in [0.15, 0.2) is 5.57 Å². The number of carbonyl (C=O) groups is 3. The predicted octanol–water partition coefficient (Wildman–Crippen LogP) is 4.44. The quantitative estimate of drug-likeness (QED) is 0.191. The molecule has 7 nitrogen and oxygen atoms in total. The minimum atomic E-state index is -0.921. The molecule has 2 bridgehead atoms. The Labute approximate surface area is 213 Å². The van der Waals surface area contributed by atoms with Gasteiger partial charge in [0.1, 0.15) is 11.8 Å². The minimum absolute atomic E-state index is 0.0630. The summed E-state index contributed by atoms with van der Waals surface area (Å²) in [5, 5.41) is 19.8. The first-order valence-corrected chi connectivity index (χ1v) is 12.1. The molecule has 0 unspecified atom stereocenters. The van der Waals surface area contributed by atoms with Crippen LogP contribution in [0.4, 0.5) is 5.69 Å². The molecule has 3 aromatic carbocycles. The first-order chi connectivity index (χ1) is 18.0. The molecule has 182 valence electrons. The average Bonchev–Trinajstić information content (AvgIpc) is 3.19. The lowest BCUT2D eigenvalue weighted by Crippen LogP contribution is -2.41. The molecule has 1 N–H and O–H groups in total. The van der Waals surface area contributed by atoms with Crippen LogP contribution in [0.2, 0.25) is 0 Å². The number of nitrogens with zero attached hydrogens (tertiary/aromatic N) is 2. The summed E-state index contributed by atoms with van der Waals surface area (Å²) in [4.78, 5) is 40.9. The van der Waals surface area contributed by atoms with Gasteiger partial charge in [-0.25, -0.2) is 9.69 Å². The summed E-state index contributed by atoms with van der Waals surface area (Å²) in [6.45, 7) is 1.66. The molecule has 7 heteroatoms. The maximum absolute atomic E-state index is 13.8. The Morgan fingerprint density at radius 1 is 0.865 bits per heavy atom. The van der Waals surface area contributed by atoms with E-state index in [1.165, 1.54) is 17.0 Å². The Bertz CT molecular complexity index is 1430. The molecule has 2 amide bonds. The number of anilines is 1. The Kier molecular flexibility index (Phi) is 5.20. The van der Waals surface area contributed by atoms with Gasteiger partial charge in [-0.3, -0.25) is 9.59 Å². The standard InChI is InChI=1S/C30H22N2O5/c1-2-37-30(36)22(15-31)27(33)16-11-13-17(14-12-16)32-28(34)25-23-18-7-3-4-8-19(18)24(26(25)29(32)35)21-10-6-5-9-20(21)23/h3-14,23-26,33H,2H2,1H3/b27-22+/t23?,24?,25-,26+. The second-order valence-corrected chi connectivity index (χ2v) is 9.38. The summed E-state index contributed by atoms with van der Waals surface area (Å²) < 4.78 is 4.83. The van der Waals surface area contributed by atoms with Gasteiger partial charge in [-0.2, -0.15) is 5.26 Å². The van der Waals surface area contributed by atoms with E-state index in [0.29, 0.717) is 5.69 Å². The molecule has 3 aliphatic carbocycles. The Hall–Kier alpha value is -4.70. The third-order valence-electron chi connectivity index (χ3n) is 7.68. The number of benzene rings is 3. The molecule has 4 aliphatic rings. The zero-order valence-corrected chi connectivity index (χ0v) is 19.9. The van der Waals surface area contributed by atoms with Gasteiger partial charge in [-0.15, -0.1) is 0 Å². The number of imide groups is 1. The smallest absolute Gasteiger partial charge is 0.352 e. The lowest BCUT2D eigenvalue weighted by Gasteiger charge is -2.45. The SMILES string of the molecule is CCOC(=O)/C(C#N)=C(/O)c1ccc(N2C(=O)[C@@H]3C4c5ccccc5C(c5ccccc54)[C@@H]3C2=O)cc1. The van der Waals surface area contributed by atoms with Crippen LogP contribution < -0.4 is 4.90 Å². The van der Waals surface area contributed by atoms with Crippen molar-refractivity contribution in [2.75, 3.05) is 11.5 Å². The van der Waals surface area contributed by atoms with Gasteiger partial charge >= 0.3 is 5.97 Å². The van der Waals surface area contributed by atoms with Gasteiger partial charge in [0.25, 0.3) is 0 Å². The largest absolute Gasteiger partial charge is 0.506 e. The van der Waals surface area contributed by atoms with E-state index >= 15 is 0 Å². The fourth-order valence-corrected chi connectivity index (χ4v) is 6.24. The average molecular weight is 491 g/mol. The predicted molar refractivity (Wildman–Crippen MR) is 134 cm³/mol. The molecule has 1 fully saturated rings. The maximum atomic E-state index is 13.8. The number of aliphatic hydroxyl groups excluding tert-OH is 1. The molecule has 0 radical (unpaired) electrons. The summed E-state index contributed by atoms with van der Waals surface area (Å²) in [6.07, 6.45) is 0. The van der Waals surface area contributed by atoms with Gasteiger partial charge in [0.2, 0.25) is 11.8 Å². The number of rotatable bonds is 4. The highest BCUT2D eigenvalue weighted by atomic mass is 16.5. The second kappa shape index (κ2) is 8.45. The molecule has 7 rings (SSSR count). The number of hydrogen-bond donors (Lipinski definition) is 1. The van der Waals surface area contributed by atoms with Crippen molar-refractivity contribution in [1.82, 2.24) is 0 Å². The lowest BCUT2D eigenvalue weighted by molar-refractivity contribution is -0.138. The number of nitriles is 1. The van der Waals surface area contributed by atoms with E-state index in [4.69, 9.17) is 4.74 Å². The number of esters is 1. The third-order valence-corrected chi connectivity index (χ3v) is 7.68. The van der Waals surface area contributed by atoms with Crippen LogP contribution in [0.1, 0.15) is 46.6 Å². The van der Waals surface area contributed by atoms with Crippen LogP contribution in [-0.4, -0.2) is 29.5 Å². The Morgan fingerprint density at radius 2 is 1.32 bits per heavy atom. The zero-order chi connectivity index (χ0) is 25.8. The van der Waals surface area contributed by atoms with Gasteiger partial charge in [-0.1, -0.05) is 48.5 Å². The zero-order valence-electron chi connectivity index (χ0n) is 19.9. The van der Waals surface area contributed by atoms with Crippen molar-refractivity contribution in [3.05, 3.63) is 106 Å². The summed E-state index contributed by atoms with van der Waals surface area (Å²) in [7, 11) is 0. The minimum Gasteiger partial charge on any atom is -0.506 e. The van der Waals surface area contributed by atoms with Crippen LogP contribution in [0.15, 0.2) is 78.4 Å². The number of amides is 2. The second-order valence-electron chi connectivity index (χ2n) is 9.38. The summed E-state index contributed by atoms with van der Waals surface area (Å²) in [6, 6.07) is 23.8. The molecular weight excluding hydrogens is 468 g/mol. The Morgan fingerprint density at radius 3 is 1.73 bits per heavy atom. The highest BCUT2D eigenvalue weighted by molar-refractivity contribution is 6.23. The van der Waals surface area contributed by atoms with Crippen molar-refractivity contribution in [3.63, 3.8) is 0 Å². The van der Waals surface area contributed by atoms with E-state index in [1.54, 1.807) is 25.1 Å². The number of aliphatic hydroxyl groups is 1. The van der Waals surface area contributed by atoms with Crippen molar-refractivity contribution in [3.8, 4) is 6.07 Å². The lowest BCUT2D eigenvalue weighted by atomic mass is 9.55. The maximum Gasteiger partial charge on any atom is 0.352 e. The van der Waals surface area contributed by atoms with Gasteiger partial charge < -0.3 is 9.84 Å². The van der Waals surface area contributed by atoms with Crippen LogP contribution in [0, 0.1) is 23.2 Å². The van der Waals surface area contributed by atoms with Crippen molar-refractivity contribution < 1.29 is 24.2 Å². The summed E-state index contributed by atoms with van der Waals surface area (Å²) in [5.41, 5.74) is 4.47. The molecule has 3 aromatic rings. The van der Waals surface area contributed by atoms with Crippen LogP contribution in [-0.2, 0) is 19.1 Å². The van der Waals surface area contributed by atoms with Crippen LogP contribution in [0.5, 0.6) is 0 Å². The molecule has 37 heavy (non-hydrogen) atoms. The van der Waals surface area contributed by atoms with E-state index in [0.717, 1.165) is 22.3 Å². The van der Waals surface area contributed by atoms with Crippen molar-refractivity contribution in [1.29, 1.82) is 5.26 Å². The molecule has 1 heterocycles. The molecule has 0 spiro atoms. The van der Waals surface area contributed by atoms with E-state index in [9.17, 15) is 24.8 Å².